The molecule has 9 nitrogen and oxygen atoms in total. The second-order valence-corrected chi connectivity index (χ2v) is 11.3. The normalized spacial score (nSPS) is 17.5. The van der Waals surface area contributed by atoms with Gasteiger partial charge in [0.1, 0.15) is 16.9 Å². The Kier molecular flexibility index (Phi) is 8.50. The Morgan fingerprint density at radius 2 is 1.74 bits per heavy atom. The zero-order chi connectivity index (χ0) is 32.4. The zero-order valence-corrected chi connectivity index (χ0v) is 25.6. The molecule has 2 aromatic heterocycles. The van der Waals surface area contributed by atoms with Crippen LogP contribution in [0, 0.1) is 6.92 Å². The average Bonchev–Trinajstić information content (AvgIpc) is 3.42. The van der Waals surface area contributed by atoms with Gasteiger partial charge in [-0.15, -0.1) is 0 Å². The summed E-state index contributed by atoms with van der Waals surface area (Å²) in [7, 11) is 1.58. The molecule has 3 aromatic carbocycles. The molecule has 46 heavy (non-hydrogen) atoms. The van der Waals surface area contributed by atoms with Crippen LogP contribution in [-0.4, -0.2) is 48.1 Å². The maximum atomic E-state index is 13.7. The molecule has 0 unspecified atom stereocenters. The maximum absolute atomic E-state index is 13.7. The van der Waals surface area contributed by atoms with Crippen molar-refractivity contribution in [3.8, 4) is 22.5 Å². The molecule has 1 aliphatic rings. The number of nitrogens with one attached hydrogen (secondary N) is 3. The number of amides is 2. The quantitative estimate of drug-likeness (QED) is 0.158. The Hall–Kier alpha value is -5.16. The predicted molar refractivity (Wildman–Crippen MR) is 171 cm³/mol. The number of halogens is 2. The molecule has 11 heteroatoms. The van der Waals surface area contributed by atoms with Crippen molar-refractivity contribution in [3.63, 3.8) is 0 Å². The van der Waals surface area contributed by atoms with Crippen LogP contribution in [0.15, 0.2) is 83.5 Å². The highest BCUT2D eigenvalue weighted by Gasteiger charge is 2.50. The fraction of sp³-hybridized carbons (Fsp3) is 0.257. The Morgan fingerprint density at radius 1 is 1.00 bits per heavy atom. The smallest absolute Gasteiger partial charge is 0.345 e. The van der Waals surface area contributed by atoms with E-state index in [1.54, 1.807) is 43.7 Å². The number of anilines is 1. The van der Waals surface area contributed by atoms with Crippen molar-refractivity contribution in [1.29, 1.82) is 0 Å². The molecule has 6 rings (SSSR count). The molecule has 0 radical (unpaired) electrons. The molecule has 5 aromatic rings. The summed E-state index contributed by atoms with van der Waals surface area (Å²) in [5.41, 5.74) is 4.38. The van der Waals surface area contributed by atoms with Crippen LogP contribution < -0.4 is 16.0 Å². The Balaban J connectivity index is 1.39. The highest BCUT2D eigenvalue weighted by molar-refractivity contribution is 6.13. The fourth-order valence-corrected chi connectivity index (χ4v) is 5.94. The number of furan rings is 1. The molecular formula is C35H33F2N5O4. The van der Waals surface area contributed by atoms with Gasteiger partial charge in [-0.25, -0.2) is 9.97 Å². The zero-order valence-electron chi connectivity index (χ0n) is 25.6. The van der Waals surface area contributed by atoms with Crippen LogP contribution in [0.4, 0.5) is 14.5 Å². The van der Waals surface area contributed by atoms with Gasteiger partial charge in [0, 0.05) is 72.7 Å². The van der Waals surface area contributed by atoms with Gasteiger partial charge in [0.25, 0.3) is 11.8 Å². The monoisotopic (exact) mass is 625 g/mol. The van der Waals surface area contributed by atoms with E-state index in [9.17, 15) is 18.4 Å². The van der Waals surface area contributed by atoms with E-state index in [2.05, 4.69) is 30.7 Å². The maximum Gasteiger partial charge on any atom is 0.345 e. The topological polar surface area (TPSA) is 118 Å². The standard InChI is InChI=1S/C35H33F2N5O4/c1-4-39-27-17-28-26(29(32(44)38-3)30(46-28)21-11-9-20(2)10-12-21)16-25(27)22-7-5-8-23(15-22)31(43)42-35(33-40-13-6-14-41-33)18-24(19-35)45-34(36)37/h5-17,24,34,39H,4,18-19H2,1-3H3,(H,38,44)(H,42,43). The van der Waals surface area contributed by atoms with Crippen molar-refractivity contribution >= 4 is 28.5 Å². The third kappa shape index (κ3) is 5.93. The number of rotatable bonds is 10. The van der Waals surface area contributed by atoms with Crippen molar-refractivity contribution in [2.75, 3.05) is 18.9 Å². The summed E-state index contributed by atoms with van der Waals surface area (Å²) in [6.07, 6.45) is 2.58. The number of aryl methyl sites for hydroxylation is 1. The number of benzene rings is 3. The van der Waals surface area contributed by atoms with Crippen molar-refractivity contribution < 1.29 is 27.5 Å². The SMILES string of the molecule is CCNc1cc2oc(-c3ccc(C)cc3)c(C(=O)NC)c2cc1-c1cccc(C(=O)NC2(c3ncccn3)CC(OC(F)F)C2)c1. The number of hydrogen-bond donors (Lipinski definition) is 3. The third-order valence-electron chi connectivity index (χ3n) is 8.19. The van der Waals surface area contributed by atoms with Gasteiger partial charge in [-0.2, -0.15) is 8.78 Å². The summed E-state index contributed by atoms with van der Waals surface area (Å²) in [6, 6.07) is 20.3. The van der Waals surface area contributed by atoms with E-state index in [0.29, 0.717) is 40.2 Å². The lowest BCUT2D eigenvalue weighted by Gasteiger charge is -2.46. The molecular weight excluding hydrogens is 592 g/mol. The van der Waals surface area contributed by atoms with Crippen LogP contribution in [0.3, 0.4) is 0 Å². The molecule has 0 bridgehead atoms. The van der Waals surface area contributed by atoms with Crippen molar-refractivity contribution in [1.82, 2.24) is 20.6 Å². The second kappa shape index (κ2) is 12.7. The number of carbonyl (C=O) groups excluding carboxylic acids is 2. The van der Waals surface area contributed by atoms with Crippen LogP contribution in [0.25, 0.3) is 33.4 Å². The summed E-state index contributed by atoms with van der Waals surface area (Å²) in [5, 5.41) is 9.74. The van der Waals surface area contributed by atoms with E-state index in [4.69, 9.17) is 4.42 Å². The number of alkyl halides is 2. The van der Waals surface area contributed by atoms with Gasteiger partial charge in [-0.1, -0.05) is 42.0 Å². The van der Waals surface area contributed by atoms with Crippen LogP contribution in [0.5, 0.6) is 0 Å². The number of nitrogens with zero attached hydrogens (tertiary/aromatic N) is 2. The van der Waals surface area contributed by atoms with Gasteiger partial charge in [0.05, 0.1) is 11.7 Å². The molecule has 0 atom stereocenters. The van der Waals surface area contributed by atoms with Crippen LogP contribution >= 0.6 is 0 Å². The summed E-state index contributed by atoms with van der Waals surface area (Å²) in [4.78, 5) is 35.5. The summed E-state index contributed by atoms with van der Waals surface area (Å²) >= 11 is 0. The van der Waals surface area contributed by atoms with Gasteiger partial charge >= 0.3 is 6.61 Å². The van der Waals surface area contributed by atoms with E-state index in [0.717, 1.165) is 27.9 Å². The summed E-state index contributed by atoms with van der Waals surface area (Å²) < 4.78 is 36.8. The highest BCUT2D eigenvalue weighted by atomic mass is 19.3. The molecule has 2 amide bonds. The summed E-state index contributed by atoms with van der Waals surface area (Å²) in [6.45, 7) is 1.67. The van der Waals surface area contributed by atoms with E-state index in [1.165, 1.54) is 0 Å². The van der Waals surface area contributed by atoms with Crippen molar-refractivity contribution in [2.45, 2.75) is 44.9 Å². The molecule has 1 saturated carbocycles. The first-order valence-electron chi connectivity index (χ1n) is 15.0. The first kappa shape index (κ1) is 30.8. The molecule has 0 saturated heterocycles. The van der Waals surface area contributed by atoms with Crippen LogP contribution in [-0.2, 0) is 10.3 Å². The minimum absolute atomic E-state index is 0.111. The number of fused-ring (bicyclic) bond motifs is 1. The van der Waals surface area contributed by atoms with E-state index < -0.39 is 24.2 Å². The summed E-state index contributed by atoms with van der Waals surface area (Å²) in [5.74, 6) is 0.101. The number of hydrogen-bond acceptors (Lipinski definition) is 7. The first-order valence-corrected chi connectivity index (χ1v) is 15.0. The van der Waals surface area contributed by atoms with Gasteiger partial charge in [-0.3, -0.25) is 9.59 Å². The lowest BCUT2D eigenvalue weighted by atomic mass is 9.73. The average molecular weight is 626 g/mol. The van der Waals surface area contributed by atoms with E-state index in [-0.39, 0.29) is 18.7 Å². The van der Waals surface area contributed by atoms with E-state index in [1.807, 2.05) is 56.3 Å². The van der Waals surface area contributed by atoms with Crippen LogP contribution in [0.2, 0.25) is 0 Å². The lowest BCUT2D eigenvalue weighted by Crippen LogP contribution is -2.58. The number of carbonyl (C=O) groups is 2. The van der Waals surface area contributed by atoms with Gasteiger partial charge in [0.15, 0.2) is 5.82 Å². The van der Waals surface area contributed by atoms with Gasteiger partial charge in [0.2, 0.25) is 0 Å². The molecule has 236 valence electrons. The first-order chi connectivity index (χ1) is 22.2. The Morgan fingerprint density at radius 3 is 2.41 bits per heavy atom. The Bertz CT molecular complexity index is 1890. The van der Waals surface area contributed by atoms with Crippen molar-refractivity contribution in [3.05, 3.63) is 102 Å². The predicted octanol–water partition coefficient (Wildman–Crippen LogP) is 6.68. The van der Waals surface area contributed by atoms with Gasteiger partial charge in [-0.05, 0) is 43.7 Å². The van der Waals surface area contributed by atoms with Gasteiger partial charge < -0.3 is 25.1 Å². The minimum atomic E-state index is -2.91. The fourth-order valence-electron chi connectivity index (χ4n) is 5.94. The highest BCUT2D eigenvalue weighted by Crippen LogP contribution is 2.43. The number of ether oxygens (including phenoxy) is 1. The molecule has 1 fully saturated rings. The van der Waals surface area contributed by atoms with Crippen LogP contribution in [0.1, 0.15) is 51.9 Å². The second-order valence-electron chi connectivity index (χ2n) is 11.3. The molecule has 0 aliphatic heterocycles. The largest absolute Gasteiger partial charge is 0.455 e. The molecule has 2 heterocycles. The van der Waals surface area contributed by atoms with E-state index >= 15 is 0 Å². The Labute approximate surface area is 264 Å². The van der Waals surface area contributed by atoms with Crippen molar-refractivity contribution in [2.24, 2.45) is 0 Å². The minimum Gasteiger partial charge on any atom is -0.455 e. The number of aromatic nitrogens is 2. The molecule has 3 N–H and O–H groups in total. The molecule has 1 aliphatic carbocycles. The third-order valence-corrected chi connectivity index (χ3v) is 8.19. The lowest BCUT2D eigenvalue weighted by molar-refractivity contribution is -0.198. The molecule has 0 spiro atoms.